The summed E-state index contributed by atoms with van der Waals surface area (Å²) in [6, 6.07) is 19.6. The van der Waals surface area contributed by atoms with Crippen molar-refractivity contribution in [2.45, 2.75) is 38.6 Å². The quantitative estimate of drug-likeness (QED) is 0.474. The van der Waals surface area contributed by atoms with Gasteiger partial charge >= 0.3 is 0 Å². The molecule has 38 heavy (non-hydrogen) atoms. The lowest BCUT2D eigenvalue weighted by molar-refractivity contribution is 0.0793. The van der Waals surface area contributed by atoms with Crippen molar-refractivity contribution in [1.29, 1.82) is 0 Å². The number of thiocarbonyl (C=S) groups is 1. The average Bonchev–Trinajstić information content (AvgIpc) is 3.45. The number of hydrogen-bond donors (Lipinski definition) is 2. The molecule has 2 aromatic carbocycles. The highest BCUT2D eigenvalue weighted by molar-refractivity contribution is 7.80. The molecule has 2 fully saturated rings. The van der Waals surface area contributed by atoms with Crippen molar-refractivity contribution in [2.24, 2.45) is 5.92 Å². The summed E-state index contributed by atoms with van der Waals surface area (Å²) in [7, 11) is 0. The maximum Gasteiger partial charge on any atom is 0.253 e. The highest BCUT2D eigenvalue weighted by Gasteiger charge is 2.35. The van der Waals surface area contributed by atoms with Crippen LogP contribution in [-0.2, 0) is 6.54 Å². The fourth-order valence-electron chi connectivity index (χ4n) is 6.16. The van der Waals surface area contributed by atoms with Crippen molar-refractivity contribution in [1.82, 2.24) is 9.47 Å². The number of anilines is 3. The van der Waals surface area contributed by atoms with Gasteiger partial charge in [0.25, 0.3) is 11.5 Å². The standard InChI is InChI=1S/C30H33N5O2S/c1-20-7-10-24(11-8-20)31-30(38)32-25-16-22(29(37)33-13-2-3-14-33)9-12-27(25)34-17-21-15-23(19-34)26-5-4-6-28(36)35(26)18-21/h4-12,16,21,23H,2-3,13-15,17-19H2,1H3,(H2,31,32,38). The van der Waals surface area contributed by atoms with Crippen LogP contribution in [0.2, 0.25) is 0 Å². The van der Waals surface area contributed by atoms with Crippen LogP contribution in [0, 0.1) is 12.8 Å². The van der Waals surface area contributed by atoms with Crippen LogP contribution in [0.15, 0.2) is 65.5 Å². The third-order valence-corrected chi connectivity index (χ3v) is 8.22. The summed E-state index contributed by atoms with van der Waals surface area (Å²) < 4.78 is 1.95. The number of pyridine rings is 1. The first kappa shape index (κ1) is 24.7. The van der Waals surface area contributed by atoms with Crippen molar-refractivity contribution in [3.05, 3.63) is 87.8 Å². The number of nitrogens with one attached hydrogen (secondary N) is 2. The van der Waals surface area contributed by atoms with E-state index in [4.69, 9.17) is 12.2 Å². The first-order valence-electron chi connectivity index (χ1n) is 13.5. The smallest absolute Gasteiger partial charge is 0.253 e. The van der Waals surface area contributed by atoms with Crippen LogP contribution < -0.4 is 21.1 Å². The molecule has 2 N–H and O–H groups in total. The molecule has 2 saturated heterocycles. The van der Waals surface area contributed by atoms with Gasteiger partial charge in [-0.1, -0.05) is 23.8 Å². The van der Waals surface area contributed by atoms with Gasteiger partial charge in [0, 0.05) is 61.7 Å². The molecule has 1 amide bonds. The molecule has 3 aromatic rings. The molecule has 3 aliphatic heterocycles. The SMILES string of the molecule is Cc1ccc(NC(=S)Nc2cc(C(=O)N3CCCC3)ccc2N2CC3CC(C2)c2cccc(=O)n2C3)cc1. The van der Waals surface area contributed by atoms with E-state index in [9.17, 15) is 9.59 Å². The number of likely N-dealkylation sites (tertiary alicyclic amines) is 1. The third-order valence-electron chi connectivity index (χ3n) is 8.01. The molecule has 7 nitrogen and oxygen atoms in total. The Morgan fingerprint density at radius 1 is 0.947 bits per heavy atom. The monoisotopic (exact) mass is 527 g/mol. The highest BCUT2D eigenvalue weighted by atomic mass is 32.1. The predicted octanol–water partition coefficient (Wildman–Crippen LogP) is 4.83. The second-order valence-corrected chi connectivity index (χ2v) is 11.2. The molecule has 3 aliphatic rings. The fourth-order valence-corrected chi connectivity index (χ4v) is 6.39. The van der Waals surface area contributed by atoms with Crippen LogP contribution in [0.1, 0.15) is 46.8 Å². The number of aryl methyl sites for hydroxylation is 1. The van der Waals surface area contributed by atoms with E-state index in [1.54, 1.807) is 6.07 Å². The zero-order valence-electron chi connectivity index (χ0n) is 21.7. The summed E-state index contributed by atoms with van der Waals surface area (Å²) in [6.07, 6.45) is 3.20. The van der Waals surface area contributed by atoms with Crippen LogP contribution in [-0.4, -0.2) is 46.7 Å². The number of nitrogens with zero attached hydrogens (tertiary/aromatic N) is 3. The lowest BCUT2D eigenvalue weighted by Crippen LogP contribution is -2.47. The number of fused-ring (bicyclic) bond motifs is 4. The summed E-state index contributed by atoms with van der Waals surface area (Å²) in [4.78, 5) is 30.0. The minimum absolute atomic E-state index is 0.0679. The van der Waals surface area contributed by atoms with Gasteiger partial charge in [0.15, 0.2) is 5.11 Å². The van der Waals surface area contributed by atoms with Gasteiger partial charge < -0.3 is 25.0 Å². The molecule has 4 heterocycles. The summed E-state index contributed by atoms with van der Waals surface area (Å²) >= 11 is 5.70. The van der Waals surface area contributed by atoms with Gasteiger partial charge in [-0.2, -0.15) is 0 Å². The third kappa shape index (κ3) is 4.92. The number of amides is 1. The number of hydrogen-bond acceptors (Lipinski definition) is 4. The minimum atomic E-state index is 0.0679. The largest absolute Gasteiger partial charge is 0.369 e. The molecule has 0 radical (unpaired) electrons. The van der Waals surface area contributed by atoms with Crippen LogP contribution in [0.4, 0.5) is 17.1 Å². The molecule has 0 saturated carbocycles. The maximum atomic E-state index is 13.2. The van der Waals surface area contributed by atoms with E-state index in [-0.39, 0.29) is 17.4 Å². The fraction of sp³-hybridized carbons (Fsp3) is 0.367. The van der Waals surface area contributed by atoms with Crippen molar-refractivity contribution in [2.75, 3.05) is 41.7 Å². The Labute approximate surface area is 228 Å². The first-order valence-corrected chi connectivity index (χ1v) is 13.9. The predicted molar refractivity (Wildman–Crippen MR) is 156 cm³/mol. The summed E-state index contributed by atoms with van der Waals surface area (Å²) in [5, 5.41) is 7.16. The van der Waals surface area contributed by atoms with E-state index < -0.39 is 0 Å². The Bertz CT molecular complexity index is 1430. The second-order valence-electron chi connectivity index (χ2n) is 10.8. The molecule has 2 bridgehead atoms. The number of aromatic nitrogens is 1. The van der Waals surface area contributed by atoms with E-state index in [1.165, 1.54) is 5.56 Å². The van der Waals surface area contributed by atoms with Crippen LogP contribution in [0.25, 0.3) is 0 Å². The van der Waals surface area contributed by atoms with Gasteiger partial charge in [0.2, 0.25) is 0 Å². The van der Waals surface area contributed by atoms with Crippen molar-refractivity contribution >= 4 is 40.3 Å². The minimum Gasteiger partial charge on any atom is -0.369 e. The molecular formula is C30H33N5O2S. The van der Waals surface area contributed by atoms with Gasteiger partial charge in [-0.25, -0.2) is 0 Å². The number of carbonyl (C=O) groups is 1. The summed E-state index contributed by atoms with van der Waals surface area (Å²) in [5.41, 5.74) is 5.82. The molecule has 2 unspecified atom stereocenters. The average molecular weight is 528 g/mol. The summed E-state index contributed by atoms with van der Waals surface area (Å²) in [6.45, 7) is 6.08. The maximum absolute atomic E-state index is 13.2. The Morgan fingerprint density at radius 2 is 1.74 bits per heavy atom. The first-order chi connectivity index (χ1) is 18.4. The van der Waals surface area contributed by atoms with Crippen LogP contribution in [0.3, 0.4) is 0 Å². The molecule has 0 aliphatic carbocycles. The second kappa shape index (κ2) is 10.3. The van der Waals surface area contributed by atoms with Crippen molar-refractivity contribution in [3.8, 4) is 0 Å². The number of rotatable bonds is 4. The zero-order valence-corrected chi connectivity index (χ0v) is 22.5. The molecular weight excluding hydrogens is 494 g/mol. The van der Waals surface area contributed by atoms with Crippen molar-refractivity contribution in [3.63, 3.8) is 0 Å². The Hall–Kier alpha value is -3.65. The normalized spacial score (nSPS) is 20.1. The molecule has 8 heteroatoms. The van der Waals surface area contributed by atoms with Crippen molar-refractivity contribution < 1.29 is 4.79 Å². The van der Waals surface area contributed by atoms with E-state index in [0.29, 0.717) is 16.6 Å². The number of benzene rings is 2. The lowest BCUT2D eigenvalue weighted by atomic mass is 9.83. The summed E-state index contributed by atoms with van der Waals surface area (Å²) in [5.74, 6) is 0.740. The molecule has 196 valence electrons. The van der Waals surface area contributed by atoms with Gasteiger partial charge in [-0.15, -0.1) is 0 Å². The van der Waals surface area contributed by atoms with Crippen LogP contribution in [0.5, 0.6) is 0 Å². The van der Waals surface area contributed by atoms with Gasteiger partial charge in [-0.05, 0) is 80.7 Å². The number of piperidine rings is 1. The van der Waals surface area contributed by atoms with Gasteiger partial charge in [0.05, 0.1) is 11.4 Å². The zero-order chi connectivity index (χ0) is 26.2. The highest BCUT2D eigenvalue weighted by Crippen LogP contribution is 2.39. The topological polar surface area (TPSA) is 69.6 Å². The van der Waals surface area contributed by atoms with E-state index in [2.05, 4.69) is 34.6 Å². The van der Waals surface area contributed by atoms with E-state index in [1.807, 2.05) is 51.9 Å². The molecule has 6 rings (SSSR count). The Balaban J connectivity index is 1.30. The Kier molecular flexibility index (Phi) is 6.66. The van der Waals surface area contributed by atoms with Gasteiger partial charge in [-0.3, -0.25) is 9.59 Å². The van der Waals surface area contributed by atoms with Gasteiger partial charge in [0.1, 0.15) is 0 Å². The van der Waals surface area contributed by atoms with Crippen LogP contribution >= 0.6 is 12.2 Å². The van der Waals surface area contributed by atoms with E-state index in [0.717, 1.165) is 74.7 Å². The van der Waals surface area contributed by atoms with E-state index >= 15 is 0 Å². The number of carbonyl (C=O) groups excluding carboxylic acids is 1. The molecule has 1 aromatic heterocycles. The molecule has 0 spiro atoms. The Morgan fingerprint density at radius 3 is 2.53 bits per heavy atom. The molecule has 2 atom stereocenters. The lowest BCUT2D eigenvalue weighted by Gasteiger charge is -2.44.